The number of aliphatic carboxylic acids is 1. The SMILES string of the molecule is CCCCCCCCCCCCCCCCC(C)NC(=O)[C@H](NC(=O)Cn1c2ccccc2c2ccccc21)C(C)CC.CCCCCCCCCCCCCCCCCCNC(=O)[C@H](N)C(C)CC.CCCCCCCCN=[N+]=[N-].CN(C)c1ccncc1.Cl.ClCCl.O=C(O)Cn1c2ccccc2c2ccccc21. The van der Waals surface area contributed by atoms with Gasteiger partial charge < -0.3 is 40.8 Å². The third-order valence-corrected chi connectivity index (χ3v) is 20.9. The zero-order valence-corrected chi connectivity index (χ0v) is 72.8. The van der Waals surface area contributed by atoms with Crippen molar-refractivity contribution in [3.63, 3.8) is 0 Å². The van der Waals surface area contributed by atoms with Crippen LogP contribution in [0.15, 0.2) is 127 Å². The average Bonchev–Trinajstić information content (AvgIpc) is 1.62. The highest BCUT2D eigenvalue weighted by Crippen LogP contribution is 2.30. The van der Waals surface area contributed by atoms with Gasteiger partial charge in [-0.1, -0.05) is 358 Å². The standard InChI is InChI=1S/C38H59N3O2.C24H50N2O.C14H11NO2.C8H17N3.C7H10N2.CH2Cl2.ClH/c1-5-7-8-9-10-11-12-13-14-15-16-17-18-19-24-31(4)39-38(43)37(30(3)6-2)40-36(42)29-41-34-27-22-20-25-32(34)33-26-21-23-28-35(33)41;1-4-6-7-8-9-10-11-12-13-14-15-16-17-18-19-20-21-26-24(27)23(25)22(3)5-2;16-14(17)9-15-12-7-3-1-5-10(12)11-6-2-4-8-13(11)15;1-2-3-4-5-6-7-8-10-11-9;1-9(2)7-3-5-8-6-4-7;2-1-3;/h20-23,25-28,30-31,37H,5-19,24,29H2,1-4H3,(H,39,43)(H,40,42);22-23H,4-21,25H2,1-3H3,(H,26,27);1-8H,9H2,(H,16,17);2-8H2,1H3;3-6H,1-2H3;1H2;1H/t30?,31?,37-;22?,23-;;;;;/m11...../s1. The van der Waals surface area contributed by atoms with E-state index in [0.29, 0.717) is 6.54 Å². The van der Waals surface area contributed by atoms with E-state index < -0.39 is 12.0 Å². The fourth-order valence-corrected chi connectivity index (χ4v) is 13.8. The van der Waals surface area contributed by atoms with Gasteiger partial charge in [0.1, 0.15) is 19.1 Å². The number of carbonyl (C=O) groups excluding carboxylic acids is 3. The molecule has 4 aromatic carbocycles. The molecular formula is C92H150Cl3N11O5. The quantitative estimate of drug-likeness (QED) is 0.00808. The minimum Gasteiger partial charge on any atom is -0.480 e. The van der Waals surface area contributed by atoms with Crippen molar-refractivity contribution in [3.05, 3.63) is 132 Å². The van der Waals surface area contributed by atoms with Crippen LogP contribution in [-0.4, -0.2) is 93.6 Å². The van der Waals surface area contributed by atoms with Crippen molar-refractivity contribution in [2.75, 3.05) is 37.4 Å². The van der Waals surface area contributed by atoms with Gasteiger partial charge in [0.2, 0.25) is 17.7 Å². The maximum atomic E-state index is 13.3. The molecule has 0 saturated heterocycles. The molecule has 7 rings (SSSR count). The van der Waals surface area contributed by atoms with E-state index >= 15 is 0 Å². The smallest absolute Gasteiger partial charge is 0.323 e. The highest BCUT2D eigenvalue weighted by molar-refractivity contribution is 6.40. The predicted molar refractivity (Wildman–Crippen MR) is 480 cm³/mol. The van der Waals surface area contributed by atoms with E-state index in [1.165, 1.54) is 218 Å². The molecule has 0 spiro atoms. The Bertz CT molecular complexity index is 3400. The van der Waals surface area contributed by atoms with Gasteiger partial charge in [-0.05, 0) is 80.0 Å². The number of amides is 3. The summed E-state index contributed by atoms with van der Waals surface area (Å²) in [6.45, 7) is 18.7. The van der Waals surface area contributed by atoms with Crippen molar-refractivity contribution in [2.45, 2.75) is 337 Å². The lowest BCUT2D eigenvalue weighted by atomic mass is 9.97. The van der Waals surface area contributed by atoms with Gasteiger partial charge in [-0.25, -0.2) is 0 Å². The number of anilines is 1. The molecule has 0 fully saturated rings. The van der Waals surface area contributed by atoms with E-state index in [9.17, 15) is 19.2 Å². The van der Waals surface area contributed by atoms with E-state index in [2.05, 4.69) is 101 Å². The summed E-state index contributed by atoms with van der Waals surface area (Å²) in [5, 5.41) is 26.4. The largest absolute Gasteiger partial charge is 0.480 e. The molecule has 6 N–H and O–H groups in total. The number of benzene rings is 4. The molecule has 0 aliphatic heterocycles. The number of fused-ring (bicyclic) bond motifs is 6. The minimum atomic E-state index is -0.823. The third kappa shape index (κ3) is 45.8. The predicted octanol–water partition coefficient (Wildman–Crippen LogP) is 26.0. The van der Waals surface area contributed by atoms with Crippen molar-refractivity contribution in [1.29, 1.82) is 0 Å². The van der Waals surface area contributed by atoms with Crippen LogP contribution in [0.1, 0.15) is 306 Å². The molecular weight excluding hydrogens is 1450 g/mol. The lowest BCUT2D eigenvalue weighted by Crippen LogP contribution is -2.52. The number of para-hydroxylation sites is 4. The molecule has 0 bridgehead atoms. The number of carbonyl (C=O) groups is 4. The summed E-state index contributed by atoms with van der Waals surface area (Å²) < 4.78 is 3.90. The second kappa shape index (κ2) is 67.9. The first-order chi connectivity index (χ1) is 53.5. The normalized spacial score (nSPS) is 12.1. The molecule has 5 atom stereocenters. The van der Waals surface area contributed by atoms with Gasteiger partial charge in [0.15, 0.2) is 0 Å². The summed E-state index contributed by atoms with van der Waals surface area (Å²) in [6.07, 6.45) is 54.7. The number of pyridine rings is 1. The van der Waals surface area contributed by atoms with Gasteiger partial charge in [-0.2, -0.15) is 0 Å². The van der Waals surface area contributed by atoms with E-state index in [-0.39, 0.29) is 72.5 Å². The van der Waals surface area contributed by atoms with E-state index in [1.807, 2.05) is 122 Å². The number of hydrogen-bond acceptors (Lipinski definition) is 8. The number of rotatable bonds is 52. The van der Waals surface area contributed by atoms with Crippen molar-refractivity contribution in [3.8, 4) is 0 Å². The van der Waals surface area contributed by atoms with Crippen LogP contribution in [0.25, 0.3) is 54.1 Å². The van der Waals surface area contributed by atoms with Crippen LogP contribution in [0.3, 0.4) is 0 Å². The fraction of sp³-hybridized carbons (Fsp3) is 0.641. The zero-order valence-electron chi connectivity index (χ0n) is 70.5. The average molecular weight is 1600 g/mol. The second-order valence-electron chi connectivity index (χ2n) is 30.3. The number of azide groups is 1. The van der Waals surface area contributed by atoms with Gasteiger partial charge in [-0.3, -0.25) is 24.2 Å². The van der Waals surface area contributed by atoms with E-state index in [0.717, 1.165) is 88.7 Å². The van der Waals surface area contributed by atoms with E-state index in [4.69, 9.17) is 39.6 Å². The summed E-state index contributed by atoms with van der Waals surface area (Å²) in [5.41, 5.74) is 19.1. The highest BCUT2D eigenvalue weighted by Gasteiger charge is 2.28. The summed E-state index contributed by atoms with van der Waals surface area (Å²) in [4.78, 5) is 58.1. The van der Waals surface area contributed by atoms with Crippen LogP contribution in [0.4, 0.5) is 5.69 Å². The maximum Gasteiger partial charge on any atom is 0.323 e. The van der Waals surface area contributed by atoms with Gasteiger partial charge >= 0.3 is 5.97 Å². The van der Waals surface area contributed by atoms with Crippen molar-refractivity contribution < 1.29 is 24.3 Å². The summed E-state index contributed by atoms with van der Waals surface area (Å²) >= 11 is 9.53. The van der Waals surface area contributed by atoms with Gasteiger partial charge in [-0.15, -0.1) is 35.6 Å². The van der Waals surface area contributed by atoms with Crippen molar-refractivity contribution in [2.24, 2.45) is 22.7 Å². The lowest BCUT2D eigenvalue weighted by molar-refractivity contribution is -0.137. The number of carboxylic acid groups (broad SMARTS) is 1. The van der Waals surface area contributed by atoms with E-state index in [1.54, 1.807) is 12.4 Å². The zero-order chi connectivity index (χ0) is 80.6. The van der Waals surface area contributed by atoms with Gasteiger partial charge in [0.05, 0.1) is 11.4 Å². The van der Waals surface area contributed by atoms with Crippen molar-refractivity contribution in [1.82, 2.24) is 30.1 Å². The summed E-state index contributed by atoms with van der Waals surface area (Å²) in [5.74, 6) is -0.692. The molecule has 19 heteroatoms. The number of alkyl halides is 2. The van der Waals surface area contributed by atoms with Crippen LogP contribution in [-0.2, 0) is 32.3 Å². The highest BCUT2D eigenvalue weighted by atomic mass is 35.5. The first-order valence-corrected chi connectivity index (χ1v) is 44.0. The van der Waals surface area contributed by atoms with Crippen LogP contribution >= 0.6 is 35.6 Å². The first-order valence-electron chi connectivity index (χ1n) is 43.0. The minimum absolute atomic E-state index is 0. The molecule has 3 heterocycles. The second-order valence-corrected chi connectivity index (χ2v) is 31.1. The van der Waals surface area contributed by atoms with Crippen LogP contribution < -0.4 is 26.6 Å². The Morgan fingerprint density at radius 3 is 1.15 bits per heavy atom. The number of unbranched alkanes of at least 4 members (excludes halogenated alkanes) is 33. The maximum absolute atomic E-state index is 13.3. The lowest BCUT2D eigenvalue weighted by Gasteiger charge is -2.26. The number of nitrogens with one attached hydrogen (secondary N) is 3. The molecule has 7 aromatic rings. The van der Waals surface area contributed by atoms with Crippen LogP contribution in [0.2, 0.25) is 0 Å². The monoisotopic (exact) mass is 1590 g/mol. The molecule has 3 amide bonds. The molecule has 16 nitrogen and oxygen atoms in total. The first kappa shape index (κ1) is 102. The Labute approximate surface area is 687 Å². The Balaban J connectivity index is 0.000000766. The number of aromatic nitrogens is 3. The number of halogens is 3. The molecule has 3 aromatic heterocycles. The Morgan fingerprint density at radius 2 is 0.820 bits per heavy atom. The number of carboxylic acids is 1. The molecule has 111 heavy (non-hydrogen) atoms. The Hall–Kier alpha value is -6.55. The Kier molecular flexibility index (Phi) is 62.7. The fourth-order valence-electron chi connectivity index (χ4n) is 13.8. The number of nitrogens with zero attached hydrogens (tertiary/aromatic N) is 7. The summed E-state index contributed by atoms with van der Waals surface area (Å²) in [7, 11) is 4.02. The van der Waals surface area contributed by atoms with Crippen molar-refractivity contribution >= 4 is 109 Å². The summed E-state index contributed by atoms with van der Waals surface area (Å²) in [6, 6.07) is 35.3. The molecule has 624 valence electrons. The number of nitrogens with two attached hydrogens (primary N) is 1. The molecule has 0 aliphatic carbocycles. The topological polar surface area (TPSA) is 225 Å². The molecule has 0 radical (unpaired) electrons. The van der Waals surface area contributed by atoms with Crippen LogP contribution in [0.5, 0.6) is 0 Å². The number of hydrogen-bond donors (Lipinski definition) is 5. The van der Waals surface area contributed by atoms with Crippen LogP contribution in [0, 0.1) is 11.8 Å². The third-order valence-electron chi connectivity index (χ3n) is 20.9. The van der Waals surface area contributed by atoms with Gasteiger partial charge in [0, 0.05) is 99.8 Å². The Morgan fingerprint density at radius 1 is 0.486 bits per heavy atom. The van der Waals surface area contributed by atoms with Gasteiger partial charge in [0.25, 0.3) is 0 Å². The molecule has 0 saturated carbocycles. The molecule has 0 aliphatic rings. The molecule has 3 unspecified atom stereocenters.